The quantitative estimate of drug-likeness (QED) is 0.506. The number of hydrogen-bond donors (Lipinski definition) is 1. The van der Waals surface area contributed by atoms with Crippen molar-refractivity contribution >= 4 is 23.6 Å². The van der Waals surface area contributed by atoms with Gasteiger partial charge in [0.25, 0.3) is 11.8 Å². The second kappa shape index (κ2) is 8.89. The normalized spacial score (nSPS) is 18.0. The molecule has 3 aromatic rings. The molecule has 0 saturated carbocycles. The van der Waals surface area contributed by atoms with Gasteiger partial charge in [-0.1, -0.05) is 23.4 Å². The maximum atomic E-state index is 12.9. The lowest BCUT2D eigenvalue weighted by atomic mass is 10.0. The molecule has 176 valence electrons. The van der Waals surface area contributed by atoms with E-state index in [2.05, 4.69) is 25.4 Å². The predicted octanol–water partition coefficient (Wildman–Crippen LogP) is 0.683. The highest BCUT2D eigenvalue weighted by atomic mass is 16.5. The molecule has 2 aliphatic heterocycles. The molecule has 0 spiro atoms. The number of carbonyl (C=O) groups is 4. The van der Waals surface area contributed by atoms with E-state index in [1.54, 1.807) is 19.4 Å². The highest BCUT2D eigenvalue weighted by Crippen LogP contribution is 2.26. The van der Waals surface area contributed by atoms with Crippen LogP contribution in [0.25, 0.3) is 22.5 Å². The van der Waals surface area contributed by atoms with Gasteiger partial charge in [-0.2, -0.15) is 4.98 Å². The molecule has 0 aliphatic carbocycles. The van der Waals surface area contributed by atoms with Crippen molar-refractivity contribution in [3.8, 4) is 22.5 Å². The van der Waals surface area contributed by atoms with Crippen LogP contribution in [0.15, 0.2) is 59.3 Å². The molecule has 35 heavy (non-hydrogen) atoms. The highest BCUT2D eigenvalue weighted by Gasteiger charge is 2.43. The van der Waals surface area contributed by atoms with Gasteiger partial charge in [0, 0.05) is 43.1 Å². The van der Waals surface area contributed by atoms with E-state index in [9.17, 15) is 19.2 Å². The molecule has 1 unspecified atom stereocenters. The summed E-state index contributed by atoms with van der Waals surface area (Å²) in [6.07, 6.45) is 6.17. The predicted molar refractivity (Wildman–Crippen MR) is 118 cm³/mol. The van der Waals surface area contributed by atoms with Crippen molar-refractivity contribution in [2.24, 2.45) is 0 Å². The fourth-order valence-electron chi connectivity index (χ4n) is 3.98. The maximum Gasteiger partial charge on any atom is 0.277 e. The summed E-state index contributed by atoms with van der Waals surface area (Å²) < 4.78 is 5.36. The number of nitrogens with zero attached hydrogens (tertiary/aromatic N) is 6. The third-order valence-electron chi connectivity index (χ3n) is 5.72. The fraction of sp³-hybridized carbons (Fsp3) is 0.217. The van der Waals surface area contributed by atoms with Crippen molar-refractivity contribution in [1.82, 2.24) is 35.2 Å². The molecule has 1 fully saturated rings. The average Bonchev–Trinajstić information content (AvgIpc) is 3.44. The molecule has 4 amide bonds. The Morgan fingerprint density at radius 1 is 1.11 bits per heavy atom. The van der Waals surface area contributed by atoms with Crippen LogP contribution in [0, 0.1) is 0 Å². The molecule has 1 N–H and O–H groups in total. The molecule has 12 heteroatoms. The van der Waals surface area contributed by atoms with Gasteiger partial charge in [0.05, 0.1) is 6.54 Å². The van der Waals surface area contributed by atoms with E-state index < -0.39 is 29.7 Å². The molecule has 2 aliphatic rings. The van der Waals surface area contributed by atoms with Crippen LogP contribution in [-0.2, 0) is 25.7 Å². The molecule has 5 rings (SSSR count). The molecular formula is C23H19N7O5. The summed E-state index contributed by atoms with van der Waals surface area (Å²) in [5.74, 6) is -1.73. The molecule has 1 atom stereocenters. The third-order valence-corrected chi connectivity index (χ3v) is 5.72. The number of imide groups is 2. The number of likely N-dealkylation sites (N-methyl/N-ethyl adjacent to an activating group) is 1. The summed E-state index contributed by atoms with van der Waals surface area (Å²) >= 11 is 0. The van der Waals surface area contributed by atoms with Gasteiger partial charge < -0.3 is 9.42 Å². The first-order chi connectivity index (χ1) is 16.9. The van der Waals surface area contributed by atoms with E-state index in [4.69, 9.17) is 4.52 Å². The number of amides is 4. The van der Waals surface area contributed by atoms with Gasteiger partial charge in [-0.25, -0.2) is 9.97 Å². The molecule has 0 bridgehead atoms. The third kappa shape index (κ3) is 4.28. The summed E-state index contributed by atoms with van der Waals surface area (Å²) in [5.41, 5.74) is 2.54. The summed E-state index contributed by atoms with van der Waals surface area (Å²) in [5, 5.41) is 6.19. The summed E-state index contributed by atoms with van der Waals surface area (Å²) in [6, 6.07) is 6.48. The fourth-order valence-corrected chi connectivity index (χ4v) is 3.98. The first kappa shape index (κ1) is 22.1. The smallest absolute Gasteiger partial charge is 0.277 e. The standard InChI is InChI=1S/C23H19N7O5/c1-29(17-8-20(32)30(23(17)34)16-5-6-18(31)26-22(16)33)11-19-27-21(28-35-19)14-4-2-3-13(7-14)15-9-24-12-25-10-15/h2-4,7-10,12,16H,5-6,11H2,1H3,(H,26,31,33). The molecule has 1 aromatic carbocycles. The number of rotatable bonds is 6. The lowest BCUT2D eigenvalue weighted by molar-refractivity contribution is -0.150. The van der Waals surface area contributed by atoms with Crippen molar-refractivity contribution in [3.05, 3.63) is 60.7 Å². The van der Waals surface area contributed by atoms with Crippen LogP contribution in [0.1, 0.15) is 18.7 Å². The minimum atomic E-state index is -1.02. The van der Waals surface area contributed by atoms with E-state index in [0.717, 1.165) is 27.7 Å². The van der Waals surface area contributed by atoms with Crippen molar-refractivity contribution in [2.45, 2.75) is 25.4 Å². The Kier molecular flexibility index (Phi) is 5.61. The largest absolute Gasteiger partial charge is 0.361 e. The monoisotopic (exact) mass is 473 g/mol. The zero-order valence-electron chi connectivity index (χ0n) is 18.5. The Morgan fingerprint density at radius 2 is 1.89 bits per heavy atom. The number of aromatic nitrogens is 4. The van der Waals surface area contributed by atoms with Gasteiger partial charge in [0.15, 0.2) is 0 Å². The van der Waals surface area contributed by atoms with Crippen molar-refractivity contribution in [3.63, 3.8) is 0 Å². The Hall–Kier alpha value is -4.74. The number of piperidine rings is 1. The molecule has 2 aromatic heterocycles. The van der Waals surface area contributed by atoms with Crippen LogP contribution in [0.5, 0.6) is 0 Å². The van der Waals surface area contributed by atoms with E-state index in [-0.39, 0.29) is 31.0 Å². The molecule has 4 heterocycles. The van der Waals surface area contributed by atoms with Crippen molar-refractivity contribution in [2.75, 3.05) is 7.05 Å². The van der Waals surface area contributed by atoms with Crippen LogP contribution < -0.4 is 5.32 Å². The summed E-state index contributed by atoms with van der Waals surface area (Å²) in [7, 11) is 1.60. The van der Waals surface area contributed by atoms with Crippen LogP contribution in [0.2, 0.25) is 0 Å². The molecule has 1 saturated heterocycles. The number of carbonyl (C=O) groups excluding carboxylic acids is 4. The molecule has 0 radical (unpaired) electrons. The Morgan fingerprint density at radius 3 is 2.66 bits per heavy atom. The van der Waals surface area contributed by atoms with Gasteiger partial charge >= 0.3 is 0 Å². The Balaban J connectivity index is 1.29. The number of benzene rings is 1. The highest BCUT2D eigenvalue weighted by molar-refractivity contribution is 6.18. The van der Waals surface area contributed by atoms with Gasteiger partial charge in [-0.3, -0.25) is 29.4 Å². The lowest BCUT2D eigenvalue weighted by Crippen LogP contribution is -2.54. The minimum Gasteiger partial charge on any atom is -0.361 e. The Labute approximate surface area is 198 Å². The first-order valence-electron chi connectivity index (χ1n) is 10.7. The van der Waals surface area contributed by atoms with E-state index in [0.29, 0.717) is 5.82 Å². The van der Waals surface area contributed by atoms with Crippen molar-refractivity contribution in [1.29, 1.82) is 0 Å². The lowest BCUT2D eigenvalue weighted by Gasteiger charge is -2.29. The minimum absolute atomic E-state index is 0.0574. The zero-order valence-corrected chi connectivity index (χ0v) is 18.5. The topological polar surface area (TPSA) is 151 Å². The summed E-state index contributed by atoms with van der Waals surface area (Å²) in [6.45, 7) is 0.0628. The number of nitrogens with one attached hydrogen (secondary N) is 1. The van der Waals surface area contributed by atoms with E-state index in [1.807, 2.05) is 24.3 Å². The average molecular weight is 473 g/mol. The zero-order chi connectivity index (χ0) is 24.5. The summed E-state index contributed by atoms with van der Waals surface area (Å²) in [4.78, 5) is 63.8. The molecular weight excluding hydrogens is 454 g/mol. The molecule has 12 nitrogen and oxygen atoms in total. The van der Waals surface area contributed by atoms with Gasteiger partial charge in [0.1, 0.15) is 18.1 Å². The van der Waals surface area contributed by atoms with Crippen LogP contribution in [-0.4, -0.2) is 66.6 Å². The Bertz CT molecular complexity index is 1370. The SMILES string of the molecule is CN(Cc1nc(-c2cccc(-c3cncnc3)c2)no1)C1=CC(=O)N(C2CCC(=O)NC2=O)C1=O. The van der Waals surface area contributed by atoms with Crippen LogP contribution >= 0.6 is 0 Å². The van der Waals surface area contributed by atoms with E-state index >= 15 is 0 Å². The van der Waals surface area contributed by atoms with E-state index in [1.165, 1.54) is 11.2 Å². The van der Waals surface area contributed by atoms with Crippen molar-refractivity contribution < 1.29 is 23.7 Å². The maximum absolute atomic E-state index is 12.9. The van der Waals surface area contributed by atoms with Gasteiger partial charge in [0.2, 0.25) is 23.5 Å². The van der Waals surface area contributed by atoms with Gasteiger partial charge in [-0.05, 0) is 18.1 Å². The number of hydrogen-bond acceptors (Lipinski definition) is 10. The van der Waals surface area contributed by atoms with Crippen LogP contribution in [0.3, 0.4) is 0 Å². The first-order valence-corrected chi connectivity index (χ1v) is 10.7. The van der Waals surface area contributed by atoms with Crippen LogP contribution in [0.4, 0.5) is 0 Å². The van der Waals surface area contributed by atoms with Gasteiger partial charge in [-0.15, -0.1) is 0 Å². The second-order valence-electron chi connectivity index (χ2n) is 8.09. The second-order valence-corrected chi connectivity index (χ2v) is 8.09.